The smallest absolute Gasteiger partial charge is 0.261 e. The molecule has 0 aromatic heterocycles. The van der Waals surface area contributed by atoms with E-state index in [-0.39, 0.29) is 30.4 Å². The Morgan fingerprint density at radius 3 is 2.64 bits per heavy atom. The Morgan fingerprint density at radius 1 is 1.11 bits per heavy atom. The van der Waals surface area contributed by atoms with E-state index in [2.05, 4.69) is 36.5 Å². The molecular formula is C23H26N2O3. The van der Waals surface area contributed by atoms with Crippen molar-refractivity contribution in [3.63, 3.8) is 0 Å². The van der Waals surface area contributed by atoms with E-state index in [1.54, 1.807) is 6.07 Å². The predicted molar refractivity (Wildman–Crippen MR) is 108 cm³/mol. The van der Waals surface area contributed by atoms with Crippen molar-refractivity contribution in [3.8, 4) is 5.75 Å². The van der Waals surface area contributed by atoms with Crippen LogP contribution in [-0.2, 0) is 9.59 Å². The molecule has 146 valence electrons. The SMILES string of the molecule is Cc1ccc(C2CCCN2C(=O)COc2cccc(NC(=O)C3CC3)c2)cc1. The zero-order valence-corrected chi connectivity index (χ0v) is 16.2. The third-order valence-electron chi connectivity index (χ3n) is 5.45. The molecule has 1 atom stereocenters. The standard InChI is InChI=1S/C23H26N2O3/c1-16-7-9-17(10-8-16)21-6-3-13-25(21)22(26)15-28-20-5-2-4-19(14-20)24-23(27)18-11-12-18/h2,4-5,7-10,14,18,21H,3,6,11-13,15H2,1H3,(H,24,27). The lowest BCUT2D eigenvalue weighted by Crippen LogP contribution is -2.34. The molecule has 28 heavy (non-hydrogen) atoms. The van der Waals surface area contributed by atoms with Crippen molar-refractivity contribution >= 4 is 17.5 Å². The van der Waals surface area contributed by atoms with E-state index in [9.17, 15) is 9.59 Å². The van der Waals surface area contributed by atoms with E-state index < -0.39 is 0 Å². The summed E-state index contributed by atoms with van der Waals surface area (Å²) in [5.74, 6) is 0.801. The minimum atomic E-state index is -0.00417. The number of nitrogens with one attached hydrogen (secondary N) is 1. The first-order valence-corrected chi connectivity index (χ1v) is 10.00. The van der Waals surface area contributed by atoms with Gasteiger partial charge in [-0.05, 0) is 50.3 Å². The van der Waals surface area contributed by atoms with Crippen LogP contribution in [0.15, 0.2) is 48.5 Å². The highest BCUT2D eigenvalue weighted by Crippen LogP contribution is 2.32. The maximum absolute atomic E-state index is 12.8. The first-order chi connectivity index (χ1) is 13.6. The van der Waals surface area contributed by atoms with Crippen LogP contribution in [0, 0.1) is 12.8 Å². The van der Waals surface area contributed by atoms with Crippen LogP contribution in [0.25, 0.3) is 0 Å². The average molecular weight is 378 g/mol. The summed E-state index contributed by atoms with van der Waals surface area (Å²) in [6, 6.07) is 15.8. The first kappa shape index (κ1) is 18.5. The molecule has 1 saturated carbocycles. The number of hydrogen-bond donors (Lipinski definition) is 1. The number of rotatable bonds is 6. The molecule has 4 rings (SSSR count). The summed E-state index contributed by atoms with van der Waals surface area (Å²) in [6.45, 7) is 2.83. The molecule has 2 fully saturated rings. The summed E-state index contributed by atoms with van der Waals surface area (Å²) in [4.78, 5) is 26.6. The lowest BCUT2D eigenvalue weighted by atomic mass is 10.0. The van der Waals surface area contributed by atoms with Gasteiger partial charge in [-0.1, -0.05) is 35.9 Å². The van der Waals surface area contributed by atoms with Crippen LogP contribution >= 0.6 is 0 Å². The number of aryl methyl sites for hydroxylation is 1. The van der Waals surface area contributed by atoms with E-state index in [4.69, 9.17) is 4.74 Å². The summed E-state index contributed by atoms with van der Waals surface area (Å²) < 4.78 is 5.74. The highest BCUT2D eigenvalue weighted by molar-refractivity contribution is 5.94. The number of anilines is 1. The Bertz CT molecular complexity index is 858. The van der Waals surface area contributed by atoms with Crippen molar-refractivity contribution in [2.45, 2.75) is 38.6 Å². The molecule has 1 aliphatic carbocycles. The van der Waals surface area contributed by atoms with Crippen molar-refractivity contribution in [2.24, 2.45) is 5.92 Å². The van der Waals surface area contributed by atoms with E-state index in [1.165, 1.54) is 11.1 Å². The monoisotopic (exact) mass is 378 g/mol. The molecule has 0 radical (unpaired) electrons. The number of ether oxygens (including phenoxy) is 1. The van der Waals surface area contributed by atoms with Crippen LogP contribution in [0.1, 0.15) is 42.9 Å². The first-order valence-electron chi connectivity index (χ1n) is 10.00. The summed E-state index contributed by atoms with van der Waals surface area (Å²) in [7, 11) is 0. The molecule has 1 unspecified atom stereocenters. The van der Waals surface area contributed by atoms with Gasteiger partial charge in [0.25, 0.3) is 5.91 Å². The molecule has 1 aliphatic heterocycles. The number of amides is 2. The topological polar surface area (TPSA) is 58.6 Å². The molecule has 2 aromatic rings. The van der Waals surface area contributed by atoms with Gasteiger partial charge in [-0.15, -0.1) is 0 Å². The average Bonchev–Trinajstić information content (AvgIpc) is 3.44. The largest absolute Gasteiger partial charge is 0.484 e. The molecule has 1 saturated heterocycles. The zero-order valence-electron chi connectivity index (χ0n) is 16.2. The molecule has 5 nitrogen and oxygen atoms in total. The lowest BCUT2D eigenvalue weighted by Gasteiger charge is -2.25. The quantitative estimate of drug-likeness (QED) is 0.824. The van der Waals surface area contributed by atoms with E-state index >= 15 is 0 Å². The second-order valence-corrected chi connectivity index (χ2v) is 7.74. The fourth-order valence-electron chi connectivity index (χ4n) is 3.68. The highest BCUT2D eigenvalue weighted by atomic mass is 16.5. The lowest BCUT2D eigenvalue weighted by molar-refractivity contribution is -0.134. The summed E-state index contributed by atoms with van der Waals surface area (Å²) >= 11 is 0. The van der Waals surface area contributed by atoms with Crippen molar-refractivity contribution in [2.75, 3.05) is 18.5 Å². The van der Waals surface area contributed by atoms with Crippen LogP contribution in [0.4, 0.5) is 5.69 Å². The van der Waals surface area contributed by atoms with Crippen LogP contribution in [0.2, 0.25) is 0 Å². The van der Waals surface area contributed by atoms with E-state index in [1.807, 2.05) is 23.1 Å². The number of likely N-dealkylation sites (tertiary alicyclic amines) is 1. The minimum absolute atomic E-state index is 0.00237. The Balaban J connectivity index is 1.35. The molecule has 0 spiro atoms. The van der Waals surface area contributed by atoms with Gasteiger partial charge >= 0.3 is 0 Å². The zero-order chi connectivity index (χ0) is 19.5. The fourth-order valence-corrected chi connectivity index (χ4v) is 3.68. The minimum Gasteiger partial charge on any atom is -0.484 e. The summed E-state index contributed by atoms with van der Waals surface area (Å²) in [5, 5.41) is 2.91. The second kappa shape index (κ2) is 8.05. The molecular weight excluding hydrogens is 352 g/mol. The molecule has 2 aromatic carbocycles. The number of carbonyl (C=O) groups excluding carboxylic acids is 2. The number of hydrogen-bond acceptors (Lipinski definition) is 3. The van der Waals surface area contributed by atoms with Crippen molar-refractivity contribution in [1.29, 1.82) is 0 Å². The van der Waals surface area contributed by atoms with Gasteiger partial charge in [-0.2, -0.15) is 0 Å². The van der Waals surface area contributed by atoms with Gasteiger partial charge in [0.15, 0.2) is 6.61 Å². The highest BCUT2D eigenvalue weighted by Gasteiger charge is 2.30. The Labute approximate surface area is 165 Å². The molecule has 1 N–H and O–H groups in total. The van der Waals surface area contributed by atoms with Gasteiger partial charge in [0.05, 0.1) is 6.04 Å². The molecule has 2 aliphatic rings. The summed E-state index contributed by atoms with van der Waals surface area (Å²) in [5.41, 5.74) is 3.11. The van der Waals surface area contributed by atoms with E-state index in [0.29, 0.717) is 11.4 Å². The van der Waals surface area contributed by atoms with Crippen molar-refractivity contribution in [1.82, 2.24) is 4.90 Å². The van der Waals surface area contributed by atoms with Crippen LogP contribution in [0.3, 0.4) is 0 Å². The molecule has 1 heterocycles. The molecule has 0 bridgehead atoms. The molecule has 5 heteroatoms. The van der Waals surface area contributed by atoms with Gasteiger partial charge in [-0.3, -0.25) is 9.59 Å². The third kappa shape index (κ3) is 4.35. The van der Waals surface area contributed by atoms with Gasteiger partial charge in [0.2, 0.25) is 5.91 Å². The fraction of sp³-hybridized carbons (Fsp3) is 0.391. The Hall–Kier alpha value is -2.82. The van der Waals surface area contributed by atoms with Crippen LogP contribution < -0.4 is 10.1 Å². The number of benzene rings is 2. The third-order valence-corrected chi connectivity index (χ3v) is 5.45. The van der Waals surface area contributed by atoms with E-state index in [0.717, 1.165) is 32.2 Å². The maximum atomic E-state index is 12.8. The van der Waals surface area contributed by atoms with Crippen molar-refractivity contribution in [3.05, 3.63) is 59.7 Å². The normalized spacial score (nSPS) is 18.8. The van der Waals surface area contributed by atoms with Crippen LogP contribution in [0.5, 0.6) is 5.75 Å². The van der Waals surface area contributed by atoms with Gasteiger partial charge in [0, 0.05) is 24.2 Å². The van der Waals surface area contributed by atoms with Gasteiger partial charge in [0.1, 0.15) is 5.75 Å². The summed E-state index contributed by atoms with van der Waals surface area (Å²) in [6.07, 6.45) is 3.92. The van der Waals surface area contributed by atoms with Gasteiger partial charge in [-0.25, -0.2) is 0 Å². The molecule has 2 amide bonds. The number of carbonyl (C=O) groups is 2. The van der Waals surface area contributed by atoms with Crippen molar-refractivity contribution < 1.29 is 14.3 Å². The Kier molecular flexibility index (Phi) is 5.33. The predicted octanol–water partition coefficient (Wildman–Crippen LogP) is 4.09. The Morgan fingerprint density at radius 2 is 1.89 bits per heavy atom. The van der Waals surface area contributed by atoms with Crippen LogP contribution in [-0.4, -0.2) is 29.9 Å². The van der Waals surface area contributed by atoms with Gasteiger partial charge < -0.3 is 15.0 Å². The number of nitrogens with zero attached hydrogens (tertiary/aromatic N) is 1. The second-order valence-electron chi connectivity index (χ2n) is 7.74. The maximum Gasteiger partial charge on any atom is 0.261 e.